The molecule has 0 fully saturated rings. The molecular formula is C17H24N2O2. The molecule has 0 saturated carbocycles. The lowest BCUT2D eigenvalue weighted by Crippen LogP contribution is -2.38. The van der Waals surface area contributed by atoms with E-state index in [9.17, 15) is 9.59 Å². The summed E-state index contributed by atoms with van der Waals surface area (Å²) in [4.78, 5) is 25.9. The number of nitrogens with zero attached hydrogens (tertiary/aromatic N) is 1. The average Bonchev–Trinajstić information content (AvgIpc) is 2.46. The fraction of sp³-hybridized carbons (Fsp3) is 0.529. The molecule has 21 heavy (non-hydrogen) atoms. The normalized spacial score (nSPS) is 14.0. The molecule has 1 aromatic rings. The molecular weight excluding hydrogens is 264 g/mol. The fourth-order valence-corrected chi connectivity index (χ4v) is 2.64. The van der Waals surface area contributed by atoms with Crippen LogP contribution < -0.4 is 10.2 Å². The van der Waals surface area contributed by atoms with Gasteiger partial charge in [0.2, 0.25) is 11.8 Å². The van der Waals surface area contributed by atoms with Crippen LogP contribution in [0, 0.1) is 5.92 Å². The van der Waals surface area contributed by atoms with Crippen molar-refractivity contribution in [1.82, 2.24) is 0 Å². The zero-order chi connectivity index (χ0) is 15.4. The number of hydrogen-bond donors (Lipinski definition) is 1. The van der Waals surface area contributed by atoms with Gasteiger partial charge in [0.05, 0.1) is 0 Å². The highest BCUT2D eigenvalue weighted by Gasteiger charge is 2.24. The Morgan fingerprint density at radius 3 is 2.76 bits per heavy atom. The van der Waals surface area contributed by atoms with Crippen LogP contribution in [0.5, 0.6) is 0 Å². The number of carbonyl (C=O) groups is 2. The minimum atomic E-state index is -0.0192. The summed E-state index contributed by atoms with van der Waals surface area (Å²) in [5.41, 5.74) is 2.91. The first-order valence-corrected chi connectivity index (χ1v) is 7.77. The number of amides is 2. The summed E-state index contributed by atoms with van der Waals surface area (Å²) in [6.07, 6.45) is 3.33. The van der Waals surface area contributed by atoms with Crippen LogP contribution in [0.1, 0.15) is 45.6 Å². The van der Waals surface area contributed by atoms with Gasteiger partial charge in [0.25, 0.3) is 0 Å². The molecule has 0 atom stereocenters. The minimum absolute atomic E-state index is 0.0192. The molecule has 0 radical (unpaired) electrons. The van der Waals surface area contributed by atoms with E-state index in [1.54, 1.807) is 0 Å². The number of anilines is 2. The van der Waals surface area contributed by atoms with Crippen molar-refractivity contribution in [3.05, 3.63) is 23.8 Å². The van der Waals surface area contributed by atoms with Gasteiger partial charge in [-0.2, -0.15) is 0 Å². The van der Waals surface area contributed by atoms with Crippen LogP contribution in [-0.4, -0.2) is 18.4 Å². The lowest BCUT2D eigenvalue weighted by molar-refractivity contribution is -0.121. The molecule has 114 valence electrons. The highest BCUT2D eigenvalue weighted by molar-refractivity contribution is 5.97. The quantitative estimate of drug-likeness (QED) is 0.923. The van der Waals surface area contributed by atoms with Crippen molar-refractivity contribution in [2.24, 2.45) is 5.92 Å². The van der Waals surface area contributed by atoms with Crippen molar-refractivity contribution in [3.63, 3.8) is 0 Å². The Hall–Kier alpha value is -1.84. The first kappa shape index (κ1) is 15.5. The smallest absolute Gasteiger partial charge is 0.229 e. The van der Waals surface area contributed by atoms with E-state index in [1.807, 2.05) is 43.9 Å². The Labute approximate surface area is 126 Å². The van der Waals surface area contributed by atoms with Gasteiger partial charge < -0.3 is 10.2 Å². The second-order valence-corrected chi connectivity index (χ2v) is 5.89. The van der Waals surface area contributed by atoms with Crippen LogP contribution in [0.15, 0.2) is 18.2 Å². The highest BCUT2D eigenvalue weighted by atomic mass is 16.2. The predicted molar refractivity (Wildman–Crippen MR) is 85.5 cm³/mol. The Kier molecular flexibility index (Phi) is 4.99. The van der Waals surface area contributed by atoms with Gasteiger partial charge in [0.1, 0.15) is 0 Å². The van der Waals surface area contributed by atoms with Gasteiger partial charge in [-0.15, -0.1) is 0 Å². The van der Waals surface area contributed by atoms with Gasteiger partial charge in [-0.3, -0.25) is 9.59 Å². The van der Waals surface area contributed by atoms with E-state index < -0.39 is 0 Å². The molecule has 0 aliphatic carbocycles. The molecule has 1 N–H and O–H groups in total. The van der Waals surface area contributed by atoms with Gasteiger partial charge in [-0.05, 0) is 37.0 Å². The van der Waals surface area contributed by atoms with E-state index in [1.165, 1.54) is 5.56 Å². The largest absolute Gasteiger partial charge is 0.326 e. The fourth-order valence-electron chi connectivity index (χ4n) is 2.64. The number of rotatable bonds is 4. The molecule has 0 saturated heterocycles. The highest BCUT2D eigenvalue weighted by Crippen LogP contribution is 2.31. The summed E-state index contributed by atoms with van der Waals surface area (Å²) in [6, 6.07) is 5.88. The van der Waals surface area contributed by atoms with E-state index in [0.29, 0.717) is 6.42 Å². The molecule has 1 heterocycles. The monoisotopic (exact) mass is 288 g/mol. The number of hydrogen-bond acceptors (Lipinski definition) is 2. The third-order valence-electron chi connectivity index (χ3n) is 3.72. The first-order valence-electron chi connectivity index (χ1n) is 7.77. The van der Waals surface area contributed by atoms with E-state index in [-0.39, 0.29) is 17.7 Å². The maximum atomic E-state index is 12.3. The Balaban J connectivity index is 2.25. The van der Waals surface area contributed by atoms with Crippen LogP contribution in [0.4, 0.5) is 11.4 Å². The van der Waals surface area contributed by atoms with Crippen molar-refractivity contribution in [1.29, 1.82) is 0 Å². The van der Waals surface area contributed by atoms with Crippen molar-refractivity contribution < 1.29 is 9.59 Å². The summed E-state index contributed by atoms with van der Waals surface area (Å²) in [6.45, 7) is 6.58. The summed E-state index contributed by atoms with van der Waals surface area (Å²) in [5, 5.41) is 2.90. The lowest BCUT2D eigenvalue weighted by atomic mass is 9.99. The second kappa shape index (κ2) is 6.74. The Morgan fingerprint density at radius 1 is 1.33 bits per heavy atom. The summed E-state index contributed by atoms with van der Waals surface area (Å²) in [5.74, 6) is 0.150. The van der Waals surface area contributed by atoms with Crippen LogP contribution in [0.3, 0.4) is 0 Å². The lowest BCUT2D eigenvalue weighted by Gasteiger charge is -2.31. The molecule has 4 heteroatoms. The molecule has 2 amide bonds. The van der Waals surface area contributed by atoms with Crippen molar-refractivity contribution >= 4 is 23.2 Å². The van der Waals surface area contributed by atoms with Gasteiger partial charge in [-0.25, -0.2) is 0 Å². The van der Waals surface area contributed by atoms with E-state index in [2.05, 4.69) is 5.32 Å². The minimum Gasteiger partial charge on any atom is -0.326 e. The molecule has 1 aromatic carbocycles. The van der Waals surface area contributed by atoms with Gasteiger partial charge in [-0.1, -0.05) is 26.8 Å². The van der Waals surface area contributed by atoms with Gasteiger partial charge in [0, 0.05) is 30.3 Å². The number of aryl methyl sites for hydroxylation is 1. The molecule has 0 aromatic heterocycles. The van der Waals surface area contributed by atoms with E-state index in [0.717, 1.165) is 37.2 Å². The van der Waals surface area contributed by atoms with Crippen LogP contribution in [-0.2, 0) is 16.0 Å². The molecule has 0 spiro atoms. The number of fused-ring (bicyclic) bond motifs is 1. The summed E-state index contributed by atoms with van der Waals surface area (Å²) in [7, 11) is 0. The SMILES string of the molecule is CCCC(=O)Nc1ccc2c(c1)N(C(=O)C(C)C)CCC2. The molecule has 1 aliphatic rings. The number of benzene rings is 1. The number of carbonyl (C=O) groups excluding carboxylic acids is 2. The van der Waals surface area contributed by atoms with Gasteiger partial charge in [0.15, 0.2) is 0 Å². The van der Waals surface area contributed by atoms with Crippen LogP contribution >= 0.6 is 0 Å². The zero-order valence-corrected chi connectivity index (χ0v) is 13.1. The standard InChI is InChI=1S/C17H24N2O2/c1-4-6-16(20)18-14-9-8-13-7-5-10-19(15(13)11-14)17(21)12(2)3/h8-9,11-12H,4-7,10H2,1-3H3,(H,18,20). The van der Waals surface area contributed by atoms with E-state index >= 15 is 0 Å². The molecule has 0 bridgehead atoms. The molecule has 2 rings (SSSR count). The molecule has 1 aliphatic heterocycles. The Morgan fingerprint density at radius 2 is 2.10 bits per heavy atom. The van der Waals surface area contributed by atoms with E-state index in [4.69, 9.17) is 0 Å². The summed E-state index contributed by atoms with van der Waals surface area (Å²) >= 11 is 0. The maximum Gasteiger partial charge on any atom is 0.229 e. The van der Waals surface area contributed by atoms with Crippen molar-refractivity contribution in [2.45, 2.75) is 46.5 Å². The Bertz CT molecular complexity index is 538. The molecule has 0 unspecified atom stereocenters. The predicted octanol–water partition coefficient (Wildman–Crippen LogP) is 3.36. The topological polar surface area (TPSA) is 49.4 Å². The molecule has 4 nitrogen and oxygen atoms in total. The average molecular weight is 288 g/mol. The van der Waals surface area contributed by atoms with Crippen molar-refractivity contribution in [3.8, 4) is 0 Å². The maximum absolute atomic E-state index is 12.3. The zero-order valence-electron chi connectivity index (χ0n) is 13.1. The third kappa shape index (κ3) is 3.63. The van der Waals surface area contributed by atoms with Crippen LogP contribution in [0.25, 0.3) is 0 Å². The first-order chi connectivity index (χ1) is 10.0. The van der Waals surface area contributed by atoms with Gasteiger partial charge >= 0.3 is 0 Å². The third-order valence-corrected chi connectivity index (χ3v) is 3.72. The van der Waals surface area contributed by atoms with Crippen LogP contribution in [0.2, 0.25) is 0 Å². The second-order valence-electron chi connectivity index (χ2n) is 5.89. The van der Waals surface area contributed by atoms with Crippen molar-refractivity contribution in [2.75, 3.05) is 16.8 Å². The summed E-state index contributed by atoms with van der Waals surface area (Å²) < 4.78 is 0. The number of nitrogens with one attached hydrogen (secondary N) is 1.